The fourth-order valence-electron chi connectivity index (χ4n) is 4.51. The van der Waals surface area contributed by atoms with E-state index in [-0.39, 0.29) is 17.8 Å². The monoisotopic (exact) mass is 469 g/mol. The van der Waals surface area contributed by atoms with Crippen molar-refractivity contribution in [1.29, 1.82) is 0 Å². The van der Waals surface area contributed by atoms with E-state index in [0.29, 0.717) is 27.2 Å². The molecule has 5 rings (SSSR count). The SMILES string of the molecule is CC1CCCCCN1C(=O)c1cc(C2CC2)c2nc(-c3ccc(Br)cc3F)cn2c1. The van der Waals surface area contributed by atoms with Crippen molar-refractivity contribution in [2.75, 3.05) is 6.54 Å². The molecule has 4 nitrogen and oxygen atoms in total. The van der Waals surface area contributed by atoms with E-state index in [4.69, 9.17) is 4.98 Å². The zero-order chi connectivity index (χ0) is 20.8. The normalized spacial score (nSPS) is 19.8. The number of halogens is 2. The predicted molar refractivity (Wildman–Crippen MR) is 119 cm³/mol. The highest BCUT2D eigenvalue weighted by atomic mass is 79.9. The molecule has 1 saturated heterocycles. The van der Waals surface area contributed by atoms with Crippen LogP contribution >= 0.6 is 15.9 Å². The van der Waals surface area contributed by atoms with Gasteiger partial charge in [-0.25, -0.2) is 9.37 Å². The summed E-state index contributed by atoms with van der Waals surface area (Å²) in [6.07, 6.45) is 10.4. The summed E-state index contributed by atoms with van der Waals surface area (Å²) in [6.45, 7) is 2.96. The molecule has 1 aromatic carbocycles. The van der Waals surface area contributed by atoms with Gasteiger partial charge in [-0.3, -0.25) is 4.79 Å². The van der Waals surface area contributed by atoms with Crippen LogP contribution < -0.4 is 0 Å². The van der Waals surface area contributed by atoms with Gasteiger partial charge in [-0.15, -0.1) is 0 Å². The Bertz CT molecular complexity index is 1120. The molecule has 6 heteroatoms. The molecular formula is C24H25BrFN3O. The second-order valence-electron chi connectivity index (χ2n) is 8.64. The summed E-state index contributed by atoms with van der Waals surface area (Å²) < 4.78 is 17.1. The number of carbonyl (C=O) groups is 1. The Balaban J connectivity index is 1.58. The lowest BCUT2D eigenvalue weighted by atomic mass is 10.1. The van der Waals surface area contributed by atoms with Crippen LogP contribution in [0.4, 0.5) is 4.39 Å². The van der Waals surface area contributed by atoms with E-state index in [1.807, 2.05) is 33.8 Å². The highest BCUT2D eigenvalue weighted by Crippen LogP contribution is 2.42. The van der Waals surface area contributed by atoms with Crippen LogP contribution in [-0.2, 0) is 0 Å². The maximum Gasteiger partial charge on any atom is 0.255 e. The van der Waals surface area contributed by atoms with Crippen LogP contribution in [0.2, 0.25) is 0 Å². The van der Waals surface area contributed by atoms with E-state index in [2.05, 4.69) is 22.9 Å². The van der Waals surface area contributed by atoms with E-state index in [1.165, 1.54) is 18.9 Å². The molecular weight excluding hydrogens is 445 g/mol. The van der Waals surface area contributed by atoms with E-state index in [0.717, 1.165) is 43.4 Å². The van der Waals surface area contributed by atoms with Gasteiger partial charge >= 0.3 is 0 Å². The van der Waals surface area contributed by atoms with Crippen LogP contribution in [0.25, 0.3) is 16.9 Å². The van der Waals surface area contributed by atoms with Gasteiger partial charge < -0.3 is 9.30 Å². The molecule has 2 aromatic heterocycles. The quantitative estimate of drug-likeness (QED) is 0.458. The Labute approximate surface area is 184 Å². The maximum absolute atomic E-state index is 14.5. The van der Waals surface area contributed by atoms with Gasteiger partial charge in [0.25, 0.3) is 5.91 Å². The minimum Gasteiger partial charge on any atom is -0.336 e. The molecule has 0 bridgehead atoms. The first-order valence-corrected chi connectivity index (χ1v) is 11.6. The summed E-state index contributed by atoms with van der Waals surface area (Å²) in [5, 5.41) is 0. The molecule has 3 aromatic rings. The summed E-state index contributed by atoms with van der Waals surface area (Å²) in [7, 11) is 0. The lowest BCUT2D eigenvalue weighted by Gasteiger charge is -2.27. The topological polar surface area (TPSA) is 37.6 Å². The van der Waals surface area contributed by atoms with Crippen molar-refractivity contribution in [3.05, 3.63) is 58.1 Å². The van der Waals surface area contributed by atoms with Crippen molar-refractivity contribution >= 4 is 27.5 Å². The zero-order valence-corrected chi connectivity index (χ0v) is 18.7. The van der Waals surface area contributed by atoms with E-state index in [1.54, 1.807) is 6.07 Å². The molecule has 156 valence electrons. The Morgan fingerprint density at radius 1 is 1.13 bits per heavy atom. The highest BCUT2D eigenvalue weighted by molar-refractivity contribution is 9.10. The van der Waals surface area contributed by atoms with Crippen LogP contribution in [0.15, 0.2) is 41.1 Å². The van der Waals surface area contributed by atoms with Crippen LogP contribution in [0.5, 0.6) is 0 Å². The van der Waals surface area contributed by atoms with Gasteiger partial charge in [0.15, 0.2) is 0 Å². The fourth-order valence-corrected chi connectivity index (χ4v) is 4.84. The van der Waals surface area contributed by atoms with Gasteiger partial charge in [0.05, 0.1) is 11.3 Å². The summed E-state index contributed by atoms with van der Waals surface area (Å²) in [5.41, 5.74) is 3.70. The molecule has 1 saturated carbocycles. The minimum atomic E-state index is -0.310. The van der Waals surface area contributed by atoms with Crippen LogP contribution in [0.1, 0.15) is 67.3 Å². The maximum atomic E-state index is 14.5. The third-order valence-electron chi connectivity index (χ3n) is 6.36. The molecule has 2 aliphatic rings. The van der Waals surface area contributed by atoms with Crippen molar-refractivity contribution in [1.82, 2.24) is 14.3 Å². The summed E-state index contributed by atoms with van der Waals surface area (Å²) in [5.74, 6) is 0.223. The Hall–Kier alpha value is -2.21. The number of likely N-dealkylation sites (tertiary alicyclic amines) is 1. The summed E-state index contributed by atoms with van der Waals surface area (Å²) in [6, 6.07) is 7.30. The van der Waals surface area contributed by atoms with Gasteiger partial charge in [-0.2, -0.15) is 0 Å². The molecule has 1 aliphatic heterocycles. The molecule has 0 spiro atoms. The number of rotatable bonds is 3. The van der Waals surface area contributed by atoms with E-state index >= 15 is 0 Å². The average Bonchev–Trinajstić information content (AvgIpc) is 3.50. The minimum absolute atomic E-state index is 0.0956. The molecule has 1 unspecified atom stereocenters. The number of benzene rings is 1. The Morgan fingerprint density at radius 2 is 1.97 bits per heavy atom. The molecule has 1 aliphatic carbocycles. The molecule has 0 radical (unpaired) electrons. The second-order valence-corrected chi connectivity index (χ2v) is 9.55. The Morgan fingerprint density at radius 3 is 2.73 bits per heavy atom. The molecule has 1 atom stereocenters. The third-order valence-corrected chi connectivity index (χ3v) is 6.86. The van der Waals surface area contributed by atoms with E-state index in [9.17, 15) is 9.18 Å². The number of hydrogen-bond donors (Lipinski definition) is 0. The van der Waals surface area contributed by atoms with Crippen LogP contribution in [-0.4, -0.2) is 32.8 Å². The predicted octanol–water partition coefficient (Wildman–Crippen LogP) is 6.19. The largest absolute Gasteiger partial charge is 0.336 e. The van der Waals surface area contributed by atoms with Crippen LogP contribution in [0.3, 0.4) is 0 Å². The third kappa shape index (κ3) is 3.66. The molecule has 0 N–H and O–H groups in total. The number of hydrogen-bond acceptors (Lipinski definition) is 2. The van der Waals surface area contributed by atoms with Gasteiger partial charge in [-0.1, -0.05) is 28.8 Å². The number of pyridine rings is 1. The van der Waals surface area contributed by atoms with Crippen LogP contribution in [0, 0.1) is 5.82 Å². The summed E-state index contributed by atoms with van der Waals surface area (Å²) >= 11 is 3.31. The second kappa shape index (κ2) is 7.80. The molecule has 1 amide bonds. The zero-order valence-electron chi connectivity index (χ0n) is 17.1. The molecule has 30 heavy (non-hydrogen) atoms. The smallest absolute Gasteiger partial charge is 0.255 e. The van der Waals surface area contributed by atoms with Gasteiger partial charge in [0, 0.05) is 35.0 Å². The first kappa shape index (κ1) is 19.7. The number of carbonyl (C=O) groups excluding carboxylic acids is 1. The highest BCUT2D eigenvalue weighted by Gasteiger charge is 2.30. The van der Waals surface area contributed by atoms with Crippen molar-refractivity contribution < 1.29 is 9.18 Å². The number of amides is 1. The first-order valence-electron chi connectivity index (χ1n) is 10.8. The van der Waals surface area contributed by atoms with Gasteiger partial charge in [0.1, 0.15) is 11.5 Å². The number of nitrogens with zero attached hydrogens (tertiary/aromatic N) is 3. The Kier molecular flexibility index (Phi) is 5.13. The van der Waals surface area contributed by atoms with Gasteiger partial charge in [-0.05, 0) is 68.4 Å². The number of aromatic nitrogens is 2. The first-order chi connectivity index (χ1) is 14.5. The lowest BCUT2D eigenvalue weighted by Crippen LogP contribution is -2.38. The van der Waals surface area contributed by atoms with Crippen molar-refractivity contribution in [2.45, 2.75) is 57.4 Å². The number of fused-ring (bicyclic) bond motifs is 1. The fraction of sp³-hybridized carbons (Fsp3) is 0.417. The molecule has 2 fully saturated rings. The number of imidazole rings is 1. The molecule has 3 heterocycles. The lowest BCUT2D eigenvalue weighted by molar-refractivity contribution is 0.0697. The van der Waals surface area contributed by atoms with Crippen molar-refractivity contribution in [3.63, 3.8) is 0 Å². The van der Waals surface area contributed by atoms with Crippen molar-refractivity contribution in [2.24, 2.45) is 0 Å². The summed E-state index contributed by atoms with van der Waals surface area (Å²) in [4.78, 5) is 20.2. The van der Waals surface area contributed by atoms with Crippen molar-refractivity contribution in [3.8, 4) is 11.3 Å². The standard InChI is InChI=1S/C24H25BrFN3O/c1-15-5-3-2-4-10-29(15)24(30)17-11-20(16-6-7-16)23-27-22(14-28(23)13-17)19-9-8-18(25)12-21(19)26/h8-9,11-16H,2-7,10H2,1H3. The van der Waals surface area contributed by atoms with E-state index < -0.39 is 0 Å². The average molecular weight is 470 g/mol. The van der Waals surface area contributed by atoms with Gasteiger partial charge in [0.2, 0.25) is 0 Å².